The van der Waals surface area contributed by atoms with Gasteiger partial charge >= 0.3 is 6.03 Å². The van der Waals surface area contributed by atoms with Crippen LogP contribution in [0.25, 0.3) is 0 Å². The van der Waals surface area contributed by atoms with Crippen molar-refractivity contribution in [2.24, 2.45) is 0 Å². The summed E-state index contributed by atoms with van der Waals surface area (Å²) in [5.41, 5.74) is 0. The van der Waals surface area contributed by atoms with Crippen molar-refractivity contribution in [1.29, 1.82) is 0 Å². The SMILES string of the molecule is COCCCC(=O)N1CCCC(N2CCNC2=O)C1. The highest BCUT2D eigenvalue weighted by atomic mass is 16.5. The highest BCUT2D eigenvalue weighted by Gasteiger charge is 2.32. The molecule has 1 atom stereocenters. The van der Waals surface area contributed by atoms with Crippen LogP contribution in [0.3, 0.4) is 0 Å². The lowest BCUT2D eigenvalue weighted by Crippen LogP contribution is -2.50. The number of piperidine rings is 1. The fourth-order valence-corrected chi connectivity index (χ4v) is 2.80. The summed E-state index contributed by atoms with van der Waals surface area (Å²) in [6.45, 7) is 3.60. The second-order valence-electron chi connectivity index (χ2n) is 5.16. The molecular formula is C13H23N3O3. The third-order valence-corrected chi connectivity index (χ3v) is 3.82. The van der Waals surface area contributed by atoms with Gasteiger partial charge in [-0.25, -0.2) is 4.79 Å². The van der Waals surface area contributed by atoms with Crippen molar-refractivity contribution in [3.05, 3.63) is 0 Å². The Bertz CT molecular complexity index is 335. The van der Waals surface area contributed by atoms with Gasteiger partial charge in [0.15, 0.2) is 0 Å². The summed E-state index contributed by atoms with van der Waals surface area (Å²) in [5, 5.41) is 2.82. The number of likely N-dealkylation sites (tertiary alicyclic amines) is 1. The summed E-state index contributed by atoms with van der Waals surface area (Å²) < 4.78 is 4.96. The topological polar surface area (TPSA) is 61.9 Å². The number of hydrogen-bond acceptors (Lipinski definition) is 3. The van der Waals surface area contributed by atoms with Crippen LogP contribution >= 0.6 is 0 Å². The minimum atomic E-state index is 0.0127. The largest absolute Gasteiger partial charge is 0.385 e. The monoisotopic (exact) mass is 269 g/mol. The summed E-state index contributed by atoms with van der Waals surface area (Å²) in [5.74, 6) is 0.182. The number of ether oxygens (including phenoxy) is 1. The van der Waals surface area contributed by atoms with Crippen molar-refractivity contribution in [3.8, 4) is 0 Å². The van der Waals surface area contributed by atoms with Crippen LogP contribution < -0.4 is 5.32 Å². The van der Waals surface area contributed by atoms with Gasteiger partial charge in [0.25, 0.3) is 0 Å². The number of nitrogens with one attached hydrogen (secondary N) is 1. The Kier molecular flexibility index (Phi) is 5.01. The van der Waals surface area contributed by atoms with Gasteiger partial charge in [-0.1, -0.05) is 0 Å². The Hall–Kier alpha value is -1.30. The van der Waals surface area contributed by atoms with Crippen LogP contribution in [0.1, 0.15) is 25.7 Å². The van der Waals surface area contributed by atoms with Crippen LogP contribution in [-0.2, 0) is 9.53 Å². The van der Waals surface area contributed by atoms with E-state index in [-0.39, 0.29) is 18.0 Å². The first-order valence-electron chi connectivity index (χ1n) is 7.03. The summed E-state index contributed by atoms with van der Waals surface area (Å²) >= 11 is 0. The number of carbonyl (C=O) groups is 2. The average Bonchev–Trinajstić information content (AvgIpc) is 2.85. The Labute approximate surface area is 114 Å². The molecule has 0 saturated carbocycles. The molecule has 3 amide bonds. The van der Waals surface area contributed by atoms with Gasteiger partial charge in [-0.15, -0.1) is 0 Å². The van der Waals surface area contributed by atoms with E-state index in [9.17, 15) is 9.59 Å². The zero-order valence-electron chi connectivity index (χ0n) is 11.6. The van der Waals surface area contributed by atoms with Crippen molar-refractivity contribution >= 4 is 11.9 Å². The van der Waals surface area contributed by atoms with Gasteiger partial charge < -0.3 is 19.9 Å². The van der Waals surface area contributed by atoms with Crippen molar-refractivity contribution in [2.75, 3.05) is 39.9 Å². The predicted molar refractivity (Wildman–Crippen MR) is 70.8 cm³/mol. The van der Waals surface area contributed by atoms with Crippen molar-refractivity contribution < 1.29 is 14.3 Å². The van der Waals surface area contributed by atoms with E-state index < -0.39 is 0 Å². The molecule has 2 aliphatic heterocycles. The molecule has 0 spiro atoms. The number of carbonyl (C=O) groups excluding carboxylic acids is 2. The Morgan fingerprint density at radius 1 is 1.47 bits per heavy atom. The van der Waals surface area contributed by atoms with E-state index in [0.29, 0.717) is 19.6 Å². The van der Waals surface area contributed by atoms with Gasteiger partial charge in [0.05, 0.1) is 6.04 Å². The van der Waals surface area contributed by atoms with Crippen LogP contribution in [0.15, 0.2) is 0 Å². The summed E-state index contributed by atoms with van der Waals surface area (Å²) in [6.07, 6.45) is 3.27. The van der Waals surface area contributed by atoms with Crippen molar-refractivity contribution in [1.82, 2.24) is 15.1 Å². The molecule has 6 nitrogen and oxygen atoms in total. The highest BCUT2D eigenvalue weighted by Crippen LogP contribution is 2.18. The molecule has 19 heavy (non-hydrogen) atoms. The zero-order valence-corrected chi connectivity index (χ0v) is 11.6. The van der Waals surface area contributed by atoms with E-state index >= 15 is 0 Å². The second kappa shape index (κ2) is 6.75. The van der Waals surface area contributed by atoms with E-state index in [1.54, 1.807) is 7.11 Å². The number of amides is 3. The standard InChI is InChI=1S/C13H23N3O3/c1-19-9-3-5-12(17)15-7-2-4-11(10-15)16-8-6-14-13(16)18/h11H,2-10H2,1H3,(H,14,18). The number of rotatable bonds is 5. The van der Waals surface area contributed by atoms with Gasteiger partial charge in [-0.3, -0.25) is 4.79 Å². The lowest BCUT2D eigenvalue weighted by atomic mass is 10.0. The minimum absolute atomic E-state index is 0.0127. The molecule has 0 aromatic heterocycles. The molecule has 2 saturated heterocycles. The van der Waals surface area contributed by atoms with Crippen LogP contribution in [0.4, 0.5) is 4.79 Å². The quantitative estimate of drug-likeness (QED) is 0.736. The van der Waals surface area contributed by atoms with Gasteiger partial charge in [0, 0.05) is 46.3 Å². The van der Waals surface area contributed by atoms with Gasteiger partial charge in [0.1, 0.15) is 0 Å². The minimum Gasteiger partial charge on any atom is -0.385 e. The molecule has 108 valence electrons. The lowest BCUT2D eigenvalue weighted by molar-refractivity contribution is -0.133. The normalized spacial score (nSPS) is 23.6. The molecule has 0 bridgehead atoms. The van der Waals surface area contributed by atoms with Crippen LogP contribution in [0, 0.1) is 0 Å². The second-order valence-corrected chi connectivity index (χ2v) is 5.16. The Morgan fingerprint density at radius 2 is 2.32 bits per heavy atom. The number of methoxy groups -OCH3 is 1. The van der Waals surface area contributed by atoms with E-state index in [1.165, 1.54) is 0 Å². The van der Waals surface area contributed by atoms with Crippen molar-refractivity contribution in [3.63, 3.8) is 0 Å². The maximum Gasteiger partial charge on any atom is 0.317 e. The van der Waals surface area contributed by atoms with Gasteiger partial charge in [0.2, 0.25) is 5.91 Å². The highest BCUT2D eigenvalue weighted by molar-refractivity contribution is 5.78. The molecule has 0 aliphatic carbocycles. The Balaban J connectivity index is 1.82. The first kappa shape index (κ1) is 14.1. The number of urea groups is 1. The fraction of sp³-hybridized carbons (Fsp3) is 0.846. The summed E-state index contributed by atoms with van der Waals surface area (Å²) in [7, 11) is 1.65. The summed E-state index contributed by atoms with van der Waals surface area (Å²) in [6, 6.07) is 0.196. The molecule has 2 heterocycles. The molecular weight excluding hydrogens is 246 g/mol. The molecule has 2 rings (SSSR count). The average molecular weight is 269 g/mol. The smallest absolute Gasteiger partial charge is 0.317 e. The summed E-state index contributed by atoms with van der Waals surface area (Å²) in [4.78, 5) is 27.5. The van der Waals surface area contributed by atoms with Crippen LogP contribution in [-0.4, -0.2) is 67.7 Å². The third kappa shape index (κ3) is 3.59. The Morgan fingerprint density at radius 3 is 3.00 bits per heavy atom. The van der Waals surface area contributed by atoms with E-state index in [0.717, 1.165) is 38.9 Å². The first-order chi connectivity index (χ1) is 9.22. The van der Waals surface area contributed by atoms with Crippen LogP contribution in [0.2, 0.25) is 0 Å². The van der Waals surface area contributed by atoms with E-state index in [4.69, 9.17) is 4.74 Å². The first-order valence-corrected chi connectivity index (χ1v) is 7.03. The maximum absolute atomic E-state index is 12.1. The van der Waals surface area contributed by atoms with E-state index in [2.05, 4.69) is 5.32 Å². The number of nitrogens with zero attached hydrogens (tertiary/aromatic N) is 2. The van der Waals surface area contributed by atoms with Gasteiger partial charge in [-0.05, 0) is 19.3 Å². The third-order valence-electron chi connectivity index (χ3n) is 3.82. The number of hydrogen-bond donors (Lipinski definition) is 1. The lowest BCUT2D eigenvalue weighted by Gasteiger charge is -2.37. The molecule has 2 fully saturated rings. The molecule has 2 aliphatic rings. The molecule has 0 aromatic carbocycles. The molecule has 6 heteroatoms. The molecule has 0 aromatic rings. The fourth-order valence-electron chi connectivity index (χ4n) is 2.80. The molecule has 1 N–H and O–H groups in total. The molecule has 0 radical (unpaired) electrons. The van der Waals surface area contributed by atoms with Gasteiger partial charge in [-0.2, -0.15) is 0 Å². The van der Waals surface area contributed by atoms with Crippen molar-refractivity contribution in [2.45, 2.75) is 31.7 Å². The zero-order chi connectivity index (χ0) is 13.7. The maximum atomic E-state index is 12.1. The van der Waals surface area contributed by atoms with Crippen LogP contribution in [0.5, 0.6) is 0 Å². The predicted octanol–water partition coefficient (Wildman–Crippen LogP) is 0.429. The van der Waals surface area contributed by atoms with E-state index in [1.807, 2.05) is 9.80 Å². The molecule has 1 unspecified atom stereocenters.